The minimum atomic E-state index is -0.586. The van der Waals surface area contributed by atoms with Gasteiger partial charge in [0.2, 0.25) is 0 Å². The van der Waals surface area contributed by atoms with Crippen LogP contribution in [0.1, 0.15) is 21.5 Å². The molecule has 1 aromatic heterocycles. The first kappa shape index (κ1) is 15.9. The SMILES string of the molecule is Cc1ccc(Cn2ccccc2=NC(=O)c2ccccc2F)cc1. The molecular formula is C20H17FN2O. The van der Waals surface area contributed by atoms with Crippen LogP contribution >= 0.6 is 0 Å². The summed E-state index contributed by atoms with van der Waals surface area (Å²) in [6.45, 7) is 2.62. The number of aryl methyl sites for hydroxylation is 1. The Bertz CT molecular complexity index is 927. The van der Waals surface area contributed by atoms with Crippen LogP contribution in [0.3, 0.4) is 0 Å². The Balaban J connectivity index is 1.95. The molecule has 3 rings (SSSR count). The summed E-state index contributed by atoms with van der Waals surface area (Å²) < 4.78 is 15.6. The standard InChI is InChI=1S/C20H17FN2O/c1-15-9-11-16(12-10-15)14-23-13-5-4-8-19(23)22-20(24)17-6-2-3-7-18(17)21/h2-13H,14H2,1H3. The predicted molar refractivity (Wildman–Crippen MR) is 91.0 cm³/mol. The highest BCUT2D eigenvalue weighted by molar-refractivity contribution is 5.95. The molecule has 0 unspecified atom stereocenters. The predicted octanol–water partition coefficient (Wildman–Crippen LogP) is 3.73. The molecule has 0 aliphatic rings. The fourth-order valence-electron chi connectivity index (χ4n) is 2.39. The number of carbonyl (C=O) groups excluding carboxylic acids is 1. The zero-order valence-electron chi connectivity index (χ0n) is 13.3. The Morgan fingerprint density at radius 1 is 1.00 bits per heavy atom. The lowest BCUT2D eigenvalue weighted by molar-refractivity contribution is 0.0993. The summed E-state index contributed by atoms with van der Waals surface area (Å²) in [5.41, 5.74) is 2.76. The summed E-state index contributed by atoms with van der Waals surface area (Å²) in [6, 6.07) is 19.5. The maximum Gasteiger partial charge on any atom is 0.281 e. The summed E-state index contributed by atoms with van der Waals surface area (Å²) in [5, 5.41) is 0. The summed E-state index contributed by atoms with van der Waals surface area (Å²) in [5.74, 6) is -1.15. The molecule has 0 N–H and O–H groups in total. The van der Waals surface area contributed by atoms with Gasteiger partial charge in [-0.1, -0.05) is 48.0 Å². The van der Waals surface area contributed by atoms with E-state index in [1.165, 1.54) is 17.7 Å². The lowest BCUT2D eigenvalue weighted by Crippen LogP contribution is -2.22. The van der Waals surface area contributed by atoms with E-state index >= 15 is 0 Å². The molecule has 0 saturated carbocycles. The van der Waals surface area contributed by atoms with Gasteiger partial charge in [0, 0.05) is 12.7 Å². The molecule has 3 aromatic rings. The molecule has 0 fully saturated rings. The second kappa shape index (κ2) is 7.04. The monoisotopic (exact) mass is 320 g/mol. The van der Waals surface area contributed by atoms with E-state index in [-0.39, 0.29) is 5.56 Å². The number of nitrogens with zero attached hydrogens (tertiary/aromatic N) is 2. The Morgan fingerprint density at radius 2 is 1.71 bits per heavy atom. The van der Waals surface area contributed by atoms with E-state index in [1.54, 1.807) is 24.3 Å². The Hall–Kier alpha value is -3.01. The van der Waals surface area contributed by atoms with E-state index in [4.69, 9.17) is 0 Å². The fraction of sp³-hybridized carbons (Fsp3) is 0.100. The zero-order valence-corrected chi connectivity index (χ0v) is 13.3. The minimum absolute atomic E-state index is 0.0248. The van der Waals surface area contributed by atoms with E-state index in [0.717, 1.165) is 5.56 Å². The molecule has 4 heteroatoms. The first-order valence-corrected chi connectivity index (χ1v) is 7.68. The molecule has 1 amide bonds. The van der Waals surface area contributed by atoms with E-state index < -0.39 is 11.7 Å². The van der Waals surface area contributed by atoms with Crippen molar-refractivity contribution in [2.45, 2.75) is 13.5 Å². The second-order valence-corrected chi connectivity index (χ2v) is 5.57. The van der Waals surface area contributed by atoms with Crippen molar-refractivity contribution in [3.05, 3.63) is 101 Å². The van der Waals surface area contributed by atoms with Crippen LogP contribution in [0.4, 0.5) is 4.39 Å². The molecule has 2 aromatic carbocycles. The molecule has 0 aliphatic heterocycles. The Morgan fingerprint density at radius 3 is 2.46 bits per heavy atom. The van der Waals surface area contributed by atoms with E-state index in [9.17, 15) is 9.18 Å². The summed E-state index contributed by atoms with van der Waals surface area (Å²) in [4.78, 5) is 16.4. The van der Waals surface area contributed by atoms with Crippen molar-refractivity contribution in [2.24, 2.45) is 4.99 Å². The van der Waals surface area contributed by atoms with Gasteiger partial charge in [-0.25, -0.2) is 4.39 Å². The fourth-order valence-corrected chi connectivity index (χ4v) is 2.39. The molecule has 0 atom stereocenters. The maximum absolute atomic E-state index is 13.7. The highest BCUT2D eigenvalue weighted by Crippen LogP contribution is 2.08. The van der Waals surface area contributed by atoms with Crippen LogP contribution in [0.15, 0.2) is 77.9 Å². The van der Waals surface area contributed by atoms with E-state index in [2.05, 4.69) is 4.99 Å². The van der Waals surface area contributed by atoms with Gasteiger partial charge < -0.3 is 4.57 Å². The highest BCUT2D eigenvalue weighted by Gasteiger charge is 2.09. The third-order valence-corrected chi connectivity index (χ3v) is 3.71. The van der Waals surface area contributed by atoms with Gasteiger partial charge in [0.15, 0.2) is 0 Å². The largest absolute Gasteiger partial charge is 0.328 e. The molecule has 1 heterocycles. The molecule has 0 saturated heterocycles. The van der Waals surface area contributed by atoms with Gasteiger partial charge >= 0.3 is 0 Å². The third kappa shape index (κ3) is 3.66. The number of carbonyl (C=O) groups is 1. The average molecular weight is 320 g/mol. The Labute approximate surface area is 139 Å². The van der Waals surface area contributed by atoms with Gasteiger partial charge in [-0.05, 0) is 36.8 Å². The van der Waals surface area contributed by atoms with Crippen molar-refractivity contribution in [3.63, 3.8) is 0 Å². The van der Waals surface area contributed by atoms with Crippen LogP contribution < -0.4 is 5.49 Å². The third-order valence-electron chi connectivity index (χ3n) is 3.71. The number of hydrogen-bond donors (Lipinski definition) is 0. The van der Waals surface area contributed by atoms with Crippen LogP contribution in [0.5, 0.6) is 0 Å². The van der Waals surface area contributed by atoms with Crippen LogP contribution in [-0.2, 0) is 6.54 Å². The number of hydrogen-bond acceptors (Lipinski definition) is 1. The van der Waals surface area contributed by atoms with Crippen molar-refractivity contribution < 1.29 is 9.18 Å². The molecule has 24 heavy (non-hydrogen) atoms. The number of pyridine rings is 1. The van der Waals surface area contributed by atoms with Crippen LogP contribution in [0.2, 0.25) is 0 Å². The molecule has 3 nitrogen and oxygen atoms in total. The normalized spacial score (nSPS) is 11.5. The minimum Gasteiger partial charge on any atom is -0.328 e. The number of amides is 1. The number of halogens is 1. The van der Waals surface area contributed by atoms with E-state index in [0.29, 0.717) is 12.0 Å². The van der Waals surface area contributed by atoms with Crippen LogP contribution in [0, 0.1) is 12.7 Å². The average Bonchev–Trinajstić information content (AvgIpc) is 2.59. The van der Waals surface area contributed by atoms with Gasteiger partial charge in [-0.15, -0.1) is 0 Å². The molecule has 0 radical (unpaired) electrons. The highest BCUT2D eigenvalue weighted by atomic mass is 19.1. The first-order chi connectivity index (χ1) is 11.6. The van der Waals surface area contributed by atoms with Crippen molar-refractivity contribution in [1.82, 2.24) is 4.57 Å². The smallest absolute Gasteiger partial charge is 0.281 e. The second-order valence-electron chi connectivity index (χ2n) is 5.57. The van der Waals surface area contributed by atoms with Gasteiger partial charge in [0.25, 0.3) is 5.91 Å². The molecular weight excluding hydrogens is 303 g/mol. The molecule has 120 valence electrons. The van der Waals surface area contributed by atoms with Crippen molar-refractivity contribution in [3.8, 4) is 0 Å². The van der Waals surface area contributed by atoms with Gasteiger partial charge in [0.1, 0.15) is 11.3 Å². The summed E-state index contributed by atoms with van der Waals surface area (Å²) in [6.07, 6.45) is 1.85. The van der Waals surface area contributed by atoms with Gasteiger partial charge in [-0.3, -0.25) is 4.79 Å². The van der Waals surface area contributed by atoms with Crippen molar-refractivity contribution in [2.75, 3.05) is 0 Å². The summed E-state index contributed by atoms with van der Waals surface area (Å²) >= 11 is 0. The van der Waals surface area contributed by atoms with Gasteiger partial charge in [-0.2, -0.15) is 4.99 Å². The quantitative estimate of drug-likeness (QED) is 0.724. The summed E-state index contributed by atoms with van der Waals surface area (Å²) in [7, 11) is 0. The maximum atomic E-state index is 13.7. The number of benzene rings is 2. The topological polar surface area (TPSA) is 34.4 Å². The van der Waals surface area contributed by atoms with E-state index in [1.807, 2.05) is 48.0 Å². The van der Waals surface area contributed by atoms with Crippen LogP contribution in [-0.4, -0.2) is 10.5 Å². The number of aromatic nitrogens is 1. The lowest BCUT2D eigenvalue weighted by Gasteiger charge is -2.08. The first-order valence-electron chi connectivity index (χ1n) is 7.68. The number of rotatable bonds is 3. The van der Waals surface area contributed by atoms with Crippen molar-refractivity contribution >= 4 is 5.91 Å². The lowest BCUT2D eigenvalue weighted by atomic mass is 10.1. The molecule has 0 aliphatic carbocycles. The molecule has 0 spiro atoms. The van der Waals surface area contributed by atoms with Crippen molar-refractivity contribution in [1.29, 1.82) is 0 Å². The van der Waals surface area contributed by atoms with Gasteiger partial charge in [0.05, 0.1) is 5.56 Å². The Kier molecular flexibility index (Phi) is 4.66. The zero-order chi connectivity index (χ0) is 16.9. The van der Waals surface area contributed by atoms with Crippen LogP contribution in [0.25, 0.3) is 0 Å². The molecule has 0 bridgehead atoms.